The molecule has 2 N–H and O–H groups in total. The zero-order valence-corrected chi connectivity index (χ0v) is 20.6. The molecule has 0 saturated carbocycles. The van der Waals surface area contributed by atoms with Crippen molar-refractivity contribution < 1.29 is 13.2 Å². The molecule has 0 spiro atoms. The molecule has 2 aromatic rings. The highest BCUT2D eigenvalue weighted by molar-refractivity contribution is 14.0. The van der Waals surface area contributed by atoms with Crippen LogP contribution < -0.4 is 10.6 Å². The molecule has 2 aromatic carbocycles. The average molecular weight is 560 g/mol. The summed E-state index contributed by atoms with van der Waals surface area (Å²) in [5.41, 5.74) is 2.54. The molecule has 1 heterocycles. The van der Waals surface area contributed by atoms with Gasteiger partial charge in [-0.05, 0) is 36.4 Å². The van der Waals surface area contributed by atoms with E-state index < -0.39 is 12.7 Å². The highest BCUT2D eigenvalue weighted by Gasteiger charge is 2.34. The van der Waals surface area contributed by atoms with Crippen LogP contribution in [0.3, 0.4) is 0 Å². The lowest BCUT2D eigenvalue weighted by Gasteiger charge is -2.20. The first-order valence-corrected chi connectivity index (χ1v) is 10.8. The third kappa shape index (κ3) is 8.61. The van der Waals surface area contributed by atoms with E-state index in [2.05, 4.69) is 64.2 Å². The van der Waals surface area contributed by atoms with Gasteiger partial charge in [0.2, 0.25) is 0 Å². The quantitative estimate of drug-likeness (QED) is 0.275. The number of guanidine groups is 1. The Hall–Kier alpha value is -1.81. The smallest absolute Gasteiger partial charge is 0.356 e. The van der Waals surface area contributed by atoms with E-state index >= 15 is 0 Å². The van der Waals surface area contributed by atoms with E-state index in [1.165, 1.54) is 16.0 Å². The topological polar surface area (TPSA) is 39.7 Å². The fraction of sp³-hybridized carbons (Fsp3) is 0.458. The number of benzene rings is 2. The van der Waals surface area contributed by atoms with Crippen LogP contribution in [0, 0.1) is 5.92 Å². The number of alkyl halides is 3. The van der Waals surface area contributed by atoms with Crippen LogP contribution in [0.5, 0.6) is 0 Å². The van der Waals surface area contributed by atoms with Gasteiger partial charge in [-0.1, -0.05) is 60.7 Å². The first kappa shape index (κ1) is 26.4. The van der Waals surface area contributed by atoms with Gasteiger partial charge in [-0.2, -0.15) is 13.2 Å². The summed E-state index contributed by atoms with van der Waals surface area (Å²) in [4.78, 5) is 5.75. The van der Waals surface area contributed by atoms with Crippen molar-refractivity contribution in [2.75, 3.05) is 39.8 Å². The van der Waals surface area contributed by atoms with Crippen molar-refractivity contribution in [2.45, 2.75) is 24.9 Å². The Kier molecular flexibility index (Phi) is 10.8. The molecule has 0 radical (unpaired) electrons. The zero-order chi connectivity index (χ0) is 22.1. The summed E-state index contributed by atoms with van der Waals surface area (Å²) in [7, 11) is 1.71. The number of hydrogen-bond donors (Lipinski definition) is 2. The van der Waals surface area contributed by atoms with Crippen LogP contribution in [0.25, 0.3) is 0 Å². The van der Waals surface area contributed by atoms with Crippen molar-refractivity contribution in [3.05, 3.63) is 71.8 Å². The Balaban J connectivity index is 0.00000363. The largest absolute Gasteiger partial charge is 0.401 e. The van der Waals surface area contributed by atoms with Crippen LogP contribution >= 0.6 is 24.0 Å². The molecule has 4 nitrogen and oxygen atoms in total. The number of halogens is 4. The van der Waals surface area contributed by atoms with Crippen LogP contribution in [0.15, 0.2) is 65.7 Å². The third-order valence-corrected chi connectivity index (χ3v) is 5.68. The molecule has 3 rings (SSSR count). The van der Waals surface area contributed by atoms with Crippen molar-refractivity contribution in [3.63, 3.8) is 0 Å². The minimum Gasteiger partial charge on any atom is -0.356 e. The number of hydrogen-bond acceptors (Lipinski definition) is 2. The van der Waals surface area contributed by atoms with Gasteiger partial charge in [0, 0.05) is 32.6 Å². The van der Waals surface area contributed by atoms with Crippen LogP contribution in [-0.2, 0) is 0 Å². The Labute approximate surface area is 205 Å². The van der Waals surface area contributed by atoms with E-state index in [4.69, 9.17) is 0 Å². The Morgan fingerprint density at radius 2 is 1.62 bits per heavy atom. The first-order chi connectivity index (χ1) is 14.9. The average Bonchev–Trinajstić information content (AvgIpc) is 3.20. The second-order valence-electron chi connectivity index (χ2n) is 8.05. The molecule has 1 aliphatic rings. The lowest BCUT2D eigenvalue weighted by atomic mass is 9.88. The summed E-state index contributed by atoms with van der Waals surface area (Å²) in [5.74, 6) is 1.16. The number of likely N-dealkylation sites (tertiary alicyclic amines) is 1. The molecule has 0 bridgehead atoms. The molecule has 8 heteroatoms. The molecule has 0 amide bonds. The SMILES string of the molecule is CN=C(NCCC(c1ccccc1)c1ccccc1)NCC1CCN(CC(F)(F)F)C1.I. The molecule has 1 aliphatic heterocycles. The Morgan fingerprint density at radius 3 is 2.16 bits per heavy atom. The molecule has 176 valence electrons. The summed E-state index contributed by atoms with van der Waals surface area (Å²) in [5, 5.41) is 6.64. The highest BCUT2D eigenvalue weighted by Crippen LogP contribution is 2.27. The standard InChI is InChI=1S/C24H31F3N4.HI/c1-28-23(30-16-19-13-15-31(17-19)18-24(25,26)27)29-14-12-22(20-8-4-2-5-9-20)21-10-6-3-7-11-21;/h2-11,19,22H,12-18H2,1H3,(H2,28,29,30);1H. The lowest BCUT2D eigenvalue weighted by molar-refractivity contribution is -0.143. The summed E-state index contributed by atoms with van der Waals surface area (Å²) >= 11 is 0. The van der Waals surface area contributed by atoms with E-state index in [1.807, 2.05) is 12.1 Å². The molecule has 0 aliphatic carbocycles. The fourth-order valence-corrected chi connectivity index (χ4v) is 4.17. The lowest BCUT2D eigenvalue weighted by Crippen LogP contribution is -2.41. The predicted molar refractivity (Wildman–Crippen MR) is 135 cm³/mol. The number of aliphatic imine (C=N–C) groups is 1. The molecule has 0 aromatic heterocycles. The molecule has 1 atom stereocenters. The van der Waals surface area contributed by atoms with Crippen molar-refractivity contribution in [1.82, 2.24) is 15.5 Å². The summed E-state index contributed by atoms with van der Waals surface area (Å²) in [6.07, 6.45) is -2.46. The minimum atomic E-state index is -4.13. The third-order valence-electron chi connectivity index (χ3n) is 5.68. The van der Waals surface area contributed by atoms with Gasteiger partial charge < -0.3 is 10.6 Å². The van der Waals surface area contributed by atoms with Crippen molar-refractivity contribution in [3.8, 4) is 0 Å². The van der Waals surface area contributed by atoms with E-state index in [-0.39, 0.29) is 35.8 Å². The van der Waals surface area contributed by atoms with Crippen LogP contribution in [0.1, 0.15) is 29.9 Å². The Bertz CT molecular complexity index is 775. The summed E-state index contributed by atoms with van der Waals surface area (Å²) < 4.78 is 37.7. The van der Waals surface area contributed by atoms with E-state index in [0.717, 1.165) is 19.4 Å². The van der Waals surface area contributed by atoms with Crippen molar-refractivity contribution >= 4 is 29.9 Å². The second-order valence-corrected chi connectivity index (χ2v) is 8.05. The van der Waals surface area contributed by atoms with Gasteiger partial charge in [-0.25, -0.2) is 0 Å². The molecular formula is C24H32F3IN4. The van der Waals surface area contributed by atoms with Gasteiger partial charge in [-0.3, -0.25) is 9.89 Å². The van der Waals surface area contributed by atoms with Crippen LogP contribution in [0.2, 0.25) is 0 Å². The van der Waals surface area contributed by atoms with Crippen molar-refractivity contribution in [1.29, 1.82) is 0 Å². The molecule has 1 saturated heterocycles. The number of rotatable bonds is 8. The second kappa shape index (κ2) is 13.0. The molecular weight excluding hydrogens is 528 g/mol. The molecule has 1 unspecified atom stereocenters. The maximum atomic E-state index is 12.6. The minimum absolute atomic E-state index is 0. The normalized spacial score (nSPS) is 17.3. The van der Waals surface area contributed by atoms with Crippen LogP contribution in [0.4, 0.5) is 13.2 Å². The fourth-order valence-electron chi connectivity index (χ4n) is 4.17. The highest BCUT2D eigenvalue weighted by atomic mass is 127. The van der Waals surface area contributed by atoms with Gasteiger partial charge in [-0.15, -0.1) is 24.0 Å². The van der Waals surface area contributed by atoms with Crippen LogP contribution in [-0.4, -0.2) is 56.8 Å². The van der Waals surface area contributed by atoms with E-state index in [9.17, 15) is 13.2 Å². The van der Waals surface area contributed by atoms with Crippen molar-refractivity contribution in [2.24, 2.45) is 10.9 Å². The van der Waals surface area contributed by atoms with Gasteiger partial charge >= 0.3 is 6.18 Å². The van der Waals surface area contributed by atoms with Gasteiger partial charge in [0.15, 0.2) is 5.96 Å². The van der Waals surface area contributed by atoms with E-state index in [1.54, 1.807) is 7.05 Å². The summed E-state index contributed by atoms with van der Waals surface area (Å²) in [6.45, 7) is 1.49. The first-order valence-electron chi connectivity index (χ1n) is 10.8. The number of nitrogens with zero attached hydrogens (tertiary/aromatic N) is 2. The maximum absolute atomic E-state index is 12.6. The van der Waals surface area contributed by atoms with Gasteiger partial charge in [0.1, 0.15) is 0 Å². The van der Waals surface area contributed by atoms with Gasteiger partial charge in [0.05, 0.1) is 6.54 Å². The van der Waals surface area contributed by atoms with Gasteiger partial charge in [0.25, 0.3) is 0 Å². The molecule has 1 fully saturated rings. The van der Waals surface area contributed by atoms with E-state index in [0.29, 0.717) is 25.6 Å². The molecule has 32 heavy (non-hydrogen) atoms. The zero-order valence-electron chi connectivity index (χ0n) is 18.3. The summed E-state index contributed by atoms with van der Waals surface area (Å²) in [6, 6.07) is 20.9. The predicted octanol–water partition coefficient (Wildman–Crippen LogP) is 4.88. The monoisotopic (exact) mass is 560 g/mol. The Morgan fingerprint density at radius 1 is 1.03 bits per heavy atom. The number of nitrogens with one attached hydrogen (secondary N) is 2. The maximum Gasteiger partial charge on any atom is 0.401 e.